The van der Waals surface area contributed by atoms with Crippen molar-refractivity contribution in [1.82, 2.24) is 10.3 Å². The quantitative estimate of drug-likeness (QED) is 0.912. The molecule has 21 heavy (non-hydrogen) atoms. The molecular formula is C16H21N3OS. The molecule has 2 aromatic rings. The Morgan fingerprint density at radius 2 is 2.33 bits per heavy atom. The van der Waals surface area contributed by atoms with E-state index < -0.39 is 0 Å². The summed E-state index contributed by atoms with van der Waals surface area (Å²) in [6.07, 6.45) is 2.92. The topological polar surface area (TPSA) is 60.2 Å². The van der Waals surface area contributed by atoms with Gasteiger partial charge in [-0.05, 0) is 44.5 Å². The molecule has 3 rings (SSSR count). The van der Waals surface area contributed by atoms with Crippen LogP contribution in [-0.4, -0.2) is 18.6 Å². The highest BCUT2D eigenvalue weighted by molar-refractivity contribution is 7.15. The Labute approximate surface area is 129 Å². The number of benzene rings is 1. The molecular weight excluding hydrogens is 282 g/mol. The monoisotopic (exact) mass is 303 g/mol. The summed E-state index contributed by atoms with van der Waals surface area (Å²) < 4.78 is 5.64. The van der Waals surface area contributed by atoms with Crippen LogP contribution in [0.3, 0.4) is 0 Å². The molecule has 0 radical (unpaired) electrons. The third-order valence-corrected chi connectivity index (χ3v) is 5.15. The van der Waals surface area contributed by atoms with E-state index in [9.17, 15) is 0 Å². The molecule has 0 amide bonds. The van der Waals surface area contributed by atoms with Crippen LogP contribution in [0.25, 0.3) is 0 Å². The second-order valence-corrected chi connectivity index (χ2v) is 6.51. The molecule has 1 heterocycles. The van der Waals surface area contributed by atoms with Crippen LogP contribution >= 0.6 is 11.3 Å². The number of hydrogen-bond acceptors (Lipinski definition) is 5. The molecule has 0 fully saturated rings. The molecule has 0 saturated carbocycles. The number of ether oxygens (including phenoxy) is 1. The minimum Gasteiger partial charge on any atom is -0.494 e. The fraction of sp³-hybridized carbons (Fsp3) is 0.438. The summed E-state index contributed by atoms with van der Waals surface area (Å²) in [5.41, 5.74) is 8.24. The van der Waals surface area contributed by atoms with Gasteiger partial charge >= 0.3 is 0 Å². The largest absolute Gasteiger partial charge is 0.494 e. The number of rotatable bonds is 4. The molecule has 0 spiro atoms. The zero-order valence-corrected chi connectivity index (χ0v) is 13.3. The Kier molecular flexibility index (Phi) is 3.87. The van der Waals surface area contributed by atoms with Crippen molar-refractivity contribution >= 4 is 16.5 Å². The van der Waals surface area contributed by atoms with Gasteiger partial charge in [0.1, 0.15) is 5.75 Å². The first-order valence-electron chi connectivity index (χ1n) is 7.33. The molecule has 1 aliphatic carbocycles. The van der Waals surface area contributed by atoms with E-state index in [1.165, 1.54) is 16.1 Å². The van der Waals surface area contributed by atoms with Gasteiger partial charge in [-0.1, -0.05) is 12.1 Å². The smallest absolute Gasteiger partial charge is 0.180 e. The first-order chi connectivity index (χ1) is 10.2. The minimum absolute atomic E-state index is 0.0565. The first-order valence-corrected chi connectivity index (χ1v) is 8.15. The number of aromatic nitrogens is 1. The van der Waals surface area contributed by atoms with Crippen LogP contribution in [-0.2, 0) is 18.4 Å². The number of nitrogen functional groups attached to an aromatic ring is 1. The highest BCUT2D eigenvalue weighted by Crippen LogP contribution is 2.39. The van der Waals surface area contributed by atoms with Crippen molar-refractivity contribution in [2.45, 2.75) is 31.7 Å². The van der Waals surface area contributed by atoms with Crippen LogP contribution in [0.15, 0.2) is 24.3 Å². The van der Waals surface area contributed by atoms with E-state index in [1.807, 2.05) is 20.0 Å². The predicted octanol–water partition coefficient (Wildman–Crippen LogP) is 2.73. The average Bonchev–Trinajstić information content (AvgIpc) is 2.86. The van der Waals surface area contributed by atoms with Crippen molar-refractivity contribution < 1.29 is 4.74 Å². The molecule has 5 heteroatoms. The Morgan fingerprint density at radius 3 is 3.10 bits per heavy atom. The number of anilines is 1. The summed E-state index contributed by atoms with van der Waals surface area (Å²) in [6, 6.07) is 8.40. The maximum atomic E-state index is 5.86. The van der Waals surface area contributed by atoms with Crippen LogP contribution in [0.5, 0.6) is 5.75 Å². The Hall–Kier alpha value is -1.59. The number of nitrogens with one attached hydrogen (secondary N) is 1. The number of hydrogen-bond donors (Lipinski definition) is 2. The molecule has 1 unspecified atom stereocenters. The summed E-state index contributed by atoms with van der Waals surface area (Å²) >= 11 is 1.61. The molecule has 0 bridgehead atoms. The van der Waals surface area contributed by atoms with Crippen LogP contribution in [0.4, 0.5) is 5.13 Å². The predicted molar refractivity (Wildman–Crippen MR) is 86.9 cm³/mol. The molecule has 112 valence electrons. The zero-order valence-electron chi connectivity index (χ0n) is 12.5. The van der Waals surface area contributed by atoms with E-state index in [0.29, 0.717) is 11.7 Å². The second-order valence-electron chi connectivity index (χ2n) is 5.39. The Balaban J connectivity index is 1.96. The van der Waals surface area contributed by atoms with Crippen LogP contribution in [0.1, 0.15) is 29.5 Å². The maximum absolute atomic E-state index is 5.86. The number of aryl methyl sites for hydroxylation is 1. The standard InChI is InChI=1S/C16H21N3OS/c1-3-20-12-6-4-5-11(9-12)16(18-2)8-7-13-14(10-16)21-15(17)19-13/h4-6,9,18H,3,7-8,10H2,1-2H3,(H2,17,19). The fourth-order valence-electron chi connectivity index (χ4n) is 3.09. The van der Waals surface area contributed by atoms with Crippen molar-refractivity contribution in [2.24, 2.45) is 0 Å². The number of nitrogens with two attached hydrogens (primary N) is 1. The maximum Gasteiger partial charge on any atom is 0.180 e. The van der Waals surface area contributed by atoms with E-state index in [0.717, 1.165) is 25.0 Å². The average molecular weight is 303 g/mol. The third kappa shape index (κ3) is 2.63. The molecule has 0 aliphatic heterocycles. The van der Waals surface area contributed by atoms with E-state index in [2.05, 4.69) is 28.5 Å². The molecule has 4 nitrogen and oxygen atoms in total. The third-order valence-electron chi connectivity index (χ3n) is 4.22. The number of fused-ring (bicyclic) bond motifs is 1. The lowest BCUT2D eigenvalue weighted by atomic mass is 9.78. The van der Waals surface area contributed by atoms with Crippen molar-refractivity contribution in [2.75, 3.05) is 19.4 Å². The van der Waals surface area contributed by atoms with E-state index >= 15 is 0 Å². The molecule has 3 N–H and O–H groups in total. The van der Waals surface area contributed by atoms with Gasteiger partial charge in [-0.15, -0.1) is 11.3 Å². The van der Waals surface area contributed by atoms with Crippen molar-refractivity contribution in [3.63, 3.8) is 0 Å². The molecule has 1 aromatic heterocycles. The van der Waals surface area contributed by atoms with Crippen LogP contribution in [0.2, 0.25) is 0 Å². The summed E-state index contributed by atoms with van der Waals surface area (Å²) in [4.78, 5) is 5.74. The second kappa shape index (κ2) is 5.66. The van der Waals surface area contributed by atoms with Gasteiger partial charge in [0.2, 0.25) is 0 Å². The molecule has 1 aromatic carbocycles. The van der Waals surface area contributed by atoms with Gasteiger partial charge < -0.3 is 15.8 Å². The zero-order chi connectivity index (χ0) is 14.9. The Morgan fingerprint density at radius 1 is 1.48 bits per heavy atom. The fourth-order valence-corrected chi connectivity index (χ4v) is 4.08. The van der Waals surface area contributed by atoms with Gasteiger partial charge in [-0.3, -0.25) is 0 Å². The van der Waals surface area contributed by atoms with Gasteiger partial charge in [0.05, 0.1) is 12.3 Å². The lowest BCUT2D eigenvalue weighted by molar-refractivity contribution is 0.309. The molecule has 0 saturated heterocycles. The van der Waals surface area contributed by atoms with Crippen LogP contribution in [0, 0.1) is 0 Å². The van der Waals surface area contributed by atoms with Gasteiger partial charge in [0, 0.05) is 16.8 Å². The number of likely N-dealkylation sites (N-methyl/N-ethyl adjacent to an activating group) is 1. The lowest BCUT2D eigenvalue weighted by Gasteiger charge is -2.37. The van der Waals surface area contributed by atoms with E-state index in [4.69, 9.17) is 10.5 Å². The van der Waals surface area contributed by atoms with E-state index in [-0.39, 0.29) is 5.54 Å². The number of nitrogens with zero attached hydrogens (tertiary/aromatic N) is 1. The summed E-state index contributed by atoms with van der Waals surface area (Å²) in [5, 5.41) is 4.21. The highest BCUT2D eigenvalue weighted by atomic mass is 32.1. The van der Waals surface area contributed by atoms with Crippen LogP contribution < -0.4 is 15.8 Å². The van der Waals surface area contributed by atoms with Gasteiger partial charge in [-0.2, -0.15) is 0 Å². The Bertz CT molecular complexity index is 640. The molecule has 1 atom stereocenters. The highest BCUT2D eigenvalue weighted by Gasteiger charge is 2.36. The van der Waals surface area contributed by atoms with Crippen molar-refractivity contribution in [3.8, 4) is 5.75 Å². The summed E-state index contributed by atoms with van der Waals surface area (Å²) in [6.45, 7) is 2.69. The van der Waals surface area contributed by atoms with E-state index in [1.54, 1.807) is 11.3 Å². The summed E-state index contributed by atoms with van der Waals surface area (Å²) in [7, 11) is 2.03. The SMILES string of the molecule is CCOc1cccc(C2(NC)CCc3nc(N)sc3C2)c1. The van der Waals surface area contributed by atoms with Crippen molar-refractivity contribution in [3.05, 3.63) is 40.4 Å². The first kappa shape index (κ1) is 14.4. The molecule has 1 aliphatic rings. The summed E-state index contributed by atoms with van der Waals surface area (Å²) in [5.74, 6) is 0.930. The minimum atomic E-state index is -0.0565. The lowest BCUT2D eigenvalue weighted by Crippen LogP contribution is -2.44. The number of thiazole rings is 1. The van der Waals surface area contributed by atoms with Gasteiger partial charge in [-0.25, -0.2) is 4.98 Å². The normalized spacial score (nSPS) is 21.0. The van der Waals surface area contributed by atoms with Gasteiger partial charge in [0.25, 0.3) is 0 Å². The van der Waals surface area contributed by atoms with Crippen molar-refractivity contribution in [1.29, 1.82) is 0 Å². The van der Waals surface area contributed by atoms with Gasteiger partial charge in [0.15, 0.2) is 5.13 Å².